The molecule has 1 aliphatic rings. The molecule has 1 fully saturated rings. The van der Waals surface area contributed by atoms with Gasteiger partial charge in [0, 0.05) is 6.42 Å². The monoisotopic (exact) mass is 932 g/mol. The smallest absolute Gasteiger partial charge is 0.220 e. The number of unbranched alkanes of at least 4 members (excludes halogenated alkanes) is 31. The van der Waals surface area contributed by atoms with Gasteiger partial charge in [0.25, 0.3) is 0 Å². The number of aliphatic hydroxyl groups is 5. The first-order valence-electron chi connectivity index (χ1n) is 27.9. The molecule has 0 radical (unpaired) electrons. The molecule has 0 aromatic carbocycles. The van der Waals surface area contributed by atoms with Crippen LogP contribution in [0.1, 0.15) is 251 Å². The predicted molar refractivity (Wildman–Crippen MR) is 276 cm³/mol. The third kappa shape index (κ3) is 36.2. The zero-order valence-electron chi connectivity index (χ0n) is 42.7. The number of carbonyl (C=O) groups is 1. The summed E-state index contributed by atoms with van der Waals surface area (Å²) in [5, 5.41) is 54.3. The normalized spacial score (nSPS) is 20.1. The fourth-order valence-electron chi connectivity index (χ4n) is 8.66. The fraction of sp³-hybridized carbons (Fsp3) is 0.842. The van der Waals surface area contributed by atoms with E-state index in [0.29, 0.717) is 6.42 Å². The summed E-state index contributed by atoms with van der Waals surface area (Å²) in [6.45, 7) is 3.72. The van der Waals surface area contributed by atoms with Crippen LogP contribution in [-0.4, -0.2) is 87.5 Å². The topological polar surface area (TPSA) is 149 Å². The highest BCUT2D eigenvalue weighted by molar-refractivity contribution is 5.76. The van der Waals surface area contributed by atoms with E-state index in [4.69, 9.17) is 9.47 Å². The minimum absolute atomic E-state index is 0.201. The number of ether oxygens (including phenoxy) is 2. The average molecular weight is 932 g/mol. The number of nitrogens with one attached hydrogen (secondary N) is 1. The number of hydrogen-bond donors (Lipinski definition) is 6. The SMILES string of the molecule is CCCC/C=C\C/C=C\CCCCCCCC(=O)NC(COC1OC(CO)C(O)C(O)C1O)C(O)/C=C/CC/C=C/CCCCCCCCCCCCCCCCCCCCCCCCC. The molecular weight excluding hydrogens is 827 g/mol. The van der Waals surface area contributed by atoms with Gasteiger partial charge < -0.3 is 40.3 Å². The molecule has 6 N–H and O–H groups in total. The van der Waals surface area contributed by atoms with Crippen molar-refractivity contribution in [3.8, 4) is 0 Å². The van der Waals surface area contributed by atoms with Crippen LogP contribution >= 0.6 is 0 Å². The lowest BCUT2D eigenvalue weighted by Crippen LogP contribution is -2.60. The highest BCUT2D eigenvalue weighted by atomic mass is 16.7. The minimum atomic E-state index is -1.58. The van der Waals surface area contributed by atoms with E-state index in [1.54, 1.807) is 6.08 Å². The standard InChI is InChI=1S/C57H105NO8/c1-3-5-7-9-11-13-15-17-19-20-21-22-23-24-25-26-27-28-29-30-31-32-33-34-36-38-40-42-44-46-51(60)50(49-65-57-56(64)55(63)54(62)52(48-59)66-57)58-53(61)47-45-43-41-39-37-35-18-16-14-12-10-8-6-4-2/h10,12,16,18,36,38,44,46,50-52,54-57,59-60,62-64H,3-9,11,13-15,17,19-35,37,39-43,45,47-49H2,1-2H3,(H,58,61)/b12-10-,18-16-,38-36+,46-44+. The molecule has 9 nitrogen and oxygen atoms in total. The Kier molecular flexibility index (Phi) is 44.1. The highest BCUT2D eigenvalue weighted by Gasteiger charge is 2.44. The first-order valence-corrected chi connectivity index (χ1v) is 27.9. The molecule has 386 valence electrons. The van der Waals surface area contributed by atoms with E-state index >= 15 is 0 Å². The first-order chi connectivity index (χ1) is 32.3. The van der Waals surface area contributed by atoms with Crippen molar-refractivity contribution in [3.05, 3.63) is 48.6 Å². The van der Waals surface area contributed by atoms with Gasteiger partial charge >= 0.3 is 0 Å². The second-order valence-electron chi connectivity index (χ2n) is 19.4. The maximum Gasteiger partial charge on any atom is 0.220 e. The Hall–Kier alpha value is -1.85. The summed E-state index contributed by atoms with van der Waals surface area (Å²) in [5.41, 5.74) is 0. The molecule has 7 unspecified atom stereocenters. The molecule has 0 aromatic rings. The summed E-state index contributed by atoms with van der Waals surface area (Å²) in [6, 6.07) is -0.830. The van der Waals surface area contributed by atoms with Crippen molar-refractivity contribution in [2.24, 2.45) is 0 Å². The van der Waals surface area contributed by atoms with Gasteiger partial charge in [0.15, 0.2) is 6.29 Å². The highest BCUT2D eigenvalue weighted by Crippen LogP contribution is 2.23. The van der Waals surface area contributed by atoms with Gasteiger partial charge in [-0.2, -0.15) is 0 Å². The van der Waals surface area contributed by atoms with E-state index in [1.807, 2.05) is 6.08 Å². The van der Waals surface area contributed by atoms with Gasteiger partial charge in [-0.05, 0) is 57.8 Å². The van der Waals surface area contributed by atoms with E-state index in [-0.39, 0.29) is 12.5 Å². The Morgan fingerprint density at radius 3 is 1.41 bits per heavy atom. The van der Waals surface area contributed by atoms with Crippen LogP contribution in [0.25, 0.3) is 0 Å². The van der Waals surface area contributed by atoms with E-state index < -0.39 is 49.5 Å². The molecule has 66 heavy (non-hydrogen) atoms. The minimum Gasteiger partial charge on any atom is -0.394 e. The van der Waals surface area contributed by atoms with Crippen LogP contribution in [0, 0.1) is 0 Å². The van der Waals surface area contributed by atoms with Crippen LogP contribution < -0.4 is 5.32 Å². The lowest BCUT2D eigenvalue weighted by Gasteiger charge is -2.40. The third-order valence-corrected chi connectivity index (χ3v) is 13.1. The third-order valence-electron chi connectivity index (χ3n) is 13.1. The molecule has 0 spiro atoms. The van der Waals surface area contributed by atoms with Crippen molar-refractivity contribution in [2.75, 3.05) is 13.2 Å². The van der Waals surface area contributed by atoms with Gasteiger partial charge in [-0.1, -0.05) is 236 Å². The molecular formula is C57H105NO8. The van der Waals surface area contributed by atoms with Crippen molar-refractivity contribution < 1.29 is 39.8 Å². The molecule has 0 bridgehead atoms. The quantitative estimate of drug-likeness (QED) is 0.0261. The zero-order valence-corrected chi connectivity index (χ0v) is 42.7. The van der Waals surface area contributed by atoms with Crippen LogP contribution in [0.5, 0.6) is 0 Å². The van der Waals surface area contributed by atoms with Crippen LogP contribution in [0.2, 0.25) is 0 Å². The molecule has 1 aliphatic heterocycles. The molecule has 0 aromatic heterocycles. The Morgan fingerprint density at radius 1 is 0.515 bits per heavy atom. The molecule has 1 heterocycles. The van der Waals surface area contributed by atoms with Crippen LogP contribution in [-0.2, 0) is 14.3 Å². The Morgan fingerprint density at radius 2 is 0.924 bits per heavy atom. The first kappa shape index (κ1) is 62.2. The molecule has 1 amide bonds. The second-order valence-corrected chi connectivity index (χ2v) is 19.4. The number of rotatable bonds is 47. The van der Waals surface area contributed by atoms with Crippen LogP contribution in [0.3, 0.4) is 0 Å². The summed E-state index contributed by atoms with van der Waals surface area (Å²) in [4.78, 5) is 13.0. The Bertz CT molecular complexity index is 1170. The summed E-state index contributed by atoms with van der Waals surface area (Å²) in [6.07, 6.45) is 54.8. The van der Waals surface area contributed by atoms with Gasteiger partial charge in [0.1, 0.15) is 24.4 Å². The van der Waals surface area contributed by atoms with Crippen molar-refractivity contribution in [2.45, 2.75) is 294 Å². The summed E-state index contributed by atoms with van der Waals surface area (Å²) < 4.78 is 11.2. The van der Waals surface area contributed by atoms with E-state index in [2.05, 4.69) is 55.6 Å². The maximum atomic E-state index is 13.0. The summed E-state index contributed by atoms with van der Waals surface area (Å²) in [5.74, 6) is -0.201. The van der Waals surface area contributed by atoms with Gasteiger partial charge in [-0.15, -0.1) is 0 Å². The molecule has 1 saturated heterocycles. The number of aliphatic hydroxyl groups excluding tert-OH is 5. The van der Waals surface area contributed by atoms with Gasteiger partial charge in [0.05, 0.1) is 25.4 Å². The molecule has 7 atom stereocenters. The molecule has 1 rings (SSSR count). The average Bonchev–Trinajstić information content (AvgIpc) is 3.32. The lowest BCUT2D eigenvalue weighted by atomic mass is 9.99. The second kappa shape index (κ2) is 46.9. The van der Waals surface area contributed by atoms with Crippen molar-refractivity contribution in [1.82, 2.24) is 5.32 Å². The Balaban J connectivity index is 2.22. The van der Waals surface area contributed by atoms with Gasteiger partial charge in [0.2, 0.25) is 5.91 Å². The fourth-order valence-corrected chi connectivity index (χ4v) is 8.66. The number of amides is 1. The van der Waals surface area contributed by atoms with E-state index in [9.17, 15) is 30.3 Å². The predicted octanol–water partition coefficient (Wildman–Crippen LogP) is 13.3. The van der Waals surface area contributed by atoms with Gasteiger partial charge in [-0.25, -0.2) is 0 Å². The summed E-state index contributed by atoms with van der Waals surface area (Å²) in [7, 11) is 0. The number of carbonyl (C=O) groups excluding carboxylic acids is 1. The van der Waals surface area contributed by atoms with Crippen LogP contribution in [0.4, 0.5) is 0 Å². The molecule has 9 heteroatoms. The molecule has 0 saturated carbocycles. The Labute approximate surface area is 405 Å². The zero-order chi connectivity index (χ0) is 48.0. The van der Waals surface area contributed by atoms with Crippen molar-refractivity contribution in [1.29, 1.82) is 0 Å². The van der Waals surface area contributed by atoms with E-state index in [0.717, 1.165) is 70.6 Å². The van der Waals surface area contributed by atoms with Gasteiger partial charge in [-0.3, -0.25) is 4.79 Å². The number of allylic oxidation sites excluding steroid dienone is 7. The maximum absolute atomic E-state index is 13.0. The van der Waals surface area contributed by atoms with E-state index in [1.165, 1.54) is 161 Å². The number of hydrogen-bond acceptors (Lipinski definition) is 8. The van der Waals surface area contributed by atoms with Crippen molar-refractivity contribution in [3.63, 3.8) is 0 Å². The largest absolute Gasteiger partial charge is 0.394 e. The lowest BCUT2D eigenvalue weighted by molar-refractivity contribution is -0.302. The molecule has 0 aliphatic carbocycles. The van der Waals surface area contributed by atoms with Crippen molar-refractivity contribution >= 4 is 5.91 Å². The van der Waals surface area contributed by atoms with Crippen LogP contribution in [0.15, 0.2) is 48.6 Å². The summed E-state index contributed by atoms with van der Waals surface area (Å²) >= 11 is 0.